The first kappa shape index (κ1) is 80.1. The number of benzene rings is 7. The molecular weight excluding hydrogens is 1510 g/mol. The highest BCUT2D eigenvalue weighted by molar-refractivity contribution is 5.89. The standard InChI is InChI=1S/C40H38FN5O5.C31H30FN5O6.C11H14FN5O5/c1-5-39(41)26(2)38(3,50-35(48)27-15-9-6-10-16-27)36(51-39)46-25-42-32-33(46)43-37(44-34(32)47)45-40(28-17-11-7-12-18-28,29-19-13-8-14-20-29)30-21-23-31(49-4)24-22-30;1-29(41)26(40)30(32,17-38)43-27(29)37-18-33-23-24(37)34-28(35-25(23)39)36-31(19-9-5-3-6-10-19,20-11-7-4-8-12-20)21-13-15-22(42-2)16-14-21;1-10(21)7(20)11(12,2-18)22-8(10)17-3-14-4-5(17)15-9(13)16-6(4)19/h6-26,36H,5H2,1-4H3,(H2,43,44,45,47);3-16,18,26-27,38,40-41H,17H2,1-2H3,(H2,34,35,36,39);3,7-8,18,20-21H,2H2,1H3,(H3,13,15,16,19)/t26-,36+,38+,39+;26-,27+,29+,30+;7-,8+,10+,11+/m000/s1. The van der Waals surface area contributed by atoms with Gasteiger partial charge in [-0.1, -0.05) is 178 Å². The normalized spacial score (nSPS) is 25.1. The molecule has 34 heteroatoms. The van der Waals surface area contributed by atoms with E-state index in [2.05, 4.69) is 50.5 Å². The predicted octanol–water partition coefficient (Wildman–Crippen LogP) is 8.22. The molecule has 0 amide bonds. The summed E-state index contributed by atoms with van der Waals surface area (Å²) in [6.07, 6.45) is -4.74. The highest BCUT2D eigenvalue weighted by Crippen LogP contribution is 2.54. The Morgan fingerprint density at radius 2 is 0.819 bits per heavy atom. The molecule has 16 rings (SSSR count). The number of aliphatic hydroxyl groups excluding tert-OH is 4. The van der Waals surface area contributed by atoms with E-state index in [1.54, 1.807) is 65.3 Å². The molecule has 0 saturated carbocycles. The molecule has 0 aliphatic carbocycles. The number of nitrogens with one attached hydrogen (secondary N) is 5. The molecule has 9 heterocycles. The van der Waals surface area contributed by atoms with Crippen LogP contribution in [0.2, 0.25) is 0 Å². The van der Waals surface area contributed by atoms with Gasteiger partial charge in [0.05, 0.1) is 44.7 Å². The number of rotatable bonds is 20. The van der Waals surface area contributed by atoms with Crippen LogP contribution in [0, 0.1) is 5.92 Å². The number of nitrogens with two attached hydrogens (primary N) is 1. The molecule has 0 bridgehead atoms. The summed E-state index contributed by atoms with van der Waals surface area (Å²) in [5.41, 5.74) is 0.915. The predicted molar refractivity (Wildman–Crippen MR) is 417 cm³/mol. The average molecular weight is 1590 g/mol. The second-order valence-electron chi connectivity index (χ2n) is 28.8. The van der Waals surface area contributed by atoms with Crippen molar-refractivity contribution in [1.29, 1.82) is 0 Å². The quantitative estimate of drug-likeness (QED) is 0.0252. The van der Waals surface area contributed by atoms with Crippen LogP contribution in [0.15, 0.2) is 234 Å². The van der Waals surface area contributed by atoms with Gasteiger partial charge < -0.3 is 75.4 Å². The molecule has 0 spiro atoms. The minimum atomic E-state index is -2.95. The molecule has 3 saturated heterocycles. The smallest absolute Gasteiger partial charge is 0.338 e. The summed E-state index contributed by atoms with van der Waals surface area (Å²) in [7, 11) is 3.19. The Bertz CT molecular complexity index is 5800. The van der Waals surface area contributed by atoms with Crippen molar-refractivity contribution >= 4 is 57.3 Å². The van der Waals surface area contributed by atoms with Crippen LogP contribution < -0.4 is 42.5 Å². The zero-order chi connectivity index (χ0) is 82.5. The number of aromatic nitrogens is 12. The number of nitrogen functional groups attached to an aromatic ring is 1. The molecule has 3 aliphatic heterocycles. The lowest BCUT2D eigenvalue weighted by atomic mass is 9.77. The third kappa shape index (κ3) is 13.9. The van der Waals surface area contributed by atoms with E-state index in [1.807, 2.05) is 170 Å². The van der Waals surface area contributed by atoms with Gasteiger partial charge in [0, 0.05) is 6.42 Å². The molecule has 116 heavy (non-hydrogen) atoms. The summed E-state index contributed by atoms with van der Waals surface area (Å²) in [6, 6.07) is 62.5. The second-order valence-corrected chi connectivity index (χ2v) is 28.8. The summed E-state index contributed by atoms with van der Waals surface area (Å²) in [5.74, 6) is -8.20. The number of halogens is 3. The summed E-state index contributed by atoms with van der Waals surface area (Å²) in [4.78, 5) is 85.8. The highest BCUT2D eigenvalue weighted by atomic mass is 19.2. The van der Waals surface area contributed by atoms with Crippen LogP contribution in [0.25, 0.3) is 33.5 Å². The number of H-pyrrole nitrogens is 3. The number of imidazole rings is 3. The number of aromatic amines is 3. The van der Waals surface area contributed by atoms with Gasteiger partial charge in [0.15, 0.2) is 57.8 Å². The number of carbonyl (C=O) groups excluding carboxylic acids is 1. The van der Waals surface area contributed by atoms with Gasteiger partial charge in [-0.05, 0) is 90.6 Å². The van der Waals surface area contributed by atoms with E-state index in [0.717, 1.165) is 69.0 Å². The van der Waals surface area contributed by atoms with Crippen LogP contribution >= 0.6 is 0 Å². The Kier molecular flexibility index (Phi) is 21.4. The Balaban J connectivity index is 0.000000154. The van der Waals surface area contributed by atoms with Crippen molar-refractivity contribution in [3.05, 3.63) is 289 Å². The molecule has 3 fully saturated rings. The fourth-order valence-corrected chi connectivity index (χ4v) is 15.2. The Morgan fingerprint density at radius 1 is 0.500 bits per heavy atom. The lowest BCUT2D eigenvalue weighted by Crippen LogP contribution is -2.48. The Morgan fingerprint density at radius 3 is 1.16 bits per heavy atom. The maximum atomic E-state index is 16.5. The molecule has 3 aliphatic rings. The largest absolute Gasteiger partial charge is 0.497 e. The summed E-state index contributed by atoms with van der Waals surface area (Å²) in [5, 5.41) is 67.3. The van der Waals surface area contributed by atoms with Crippen molar-refractivity contribution in [3.63, 3.8) is 0 Å². The fraction of sp³-hybridized carbons (Fsp3) is 0.293. The van der Waals surface area contributed by atoms with Crippen molar-refractivity contribution in [3.8, 4) is 11.5 Å². The number of nitrogens with zero attached hydrogens (tertiary/aromatic N) is 9. The minimum absolute atomic E-state index is 0.00484. The van der Waals surface area contributed by atoms with Gasteiger partial charge in [-0.2, -0.15) is 15.0 Å². The van der Waals surface area contributed by atoms with Crippen LogP contribution in [-0.4, -0.2) is 169 Å². The summed E-state index contributed by atoms with van der Waals surface area (Å²) >= 11 is 0. The SMILES string of the molecule is CC[C@@]1(F)O[C@@H](n2cnc3c(=O)[nH]c(NC(c4ccccc4)(c4ccccc4)c4ccc(OC)cc4)nc32)[C@](C)(OC(=O)c2ccccc2)[C@@H]1C.COc1ccc(C(Nc2nc3c(ncn3[C@@H]3O[C@](F)(CO)[C@@H](O)[C@@]3(C)O)c(=O)[nH]2)(c2ccccc2)c2ccccc2)cc1.C[C@]1(O)[C@H](n2cnc3c(=O)[nH]c(N)nc32)O[C@](F)(CO)[C@H]1O. The molecule has 602 valence electrons. The number of anilines is 3. The molecular formula is C82H82F3N15O16. The third-order valence-corrected chi connectivity index (χ3v) is 21.6. The van der Waals surface area contributed by atoms with Gasteiger partial charge in [-0.25, -0.2) is 32.9 Å². The van der Waals surface area contributed by atoms with Crippen LogP contribution in [-0.2, 0) is 30.0 Å². The molecule has 0 unspecified atom stereocenters. The molecule has 31 nitrogen and oxygen atoms in total. The highest BCUT2D eigenvalue weighted by Gasteiger charge is 2.66. The molecule has 12 atom stereocenters. The monoisotopic (exact) mass is 1590 g/mol. The van der Waals surface area contributed by atoms with Crippen molar-refractivity contribution in [2.45, 2.75) is 117 Å². The van der Waals surface area contributed by atoms with Crippen molar-refractivity contribution in [2.24, 2.45) is 5.92 Å². The van der Waals surface area contributed by atoms with Gasteiger partial charge in [-0.15, -0.1) is 0 Å². The van der Waals surface area contributed by atoms with Gasteiger partial charge in [0.1, 0.15) is 59.2 Å². The van der Waals surface area contributed by atoms with E-state index in [9.17, 15) is 49.1 Å². The molecule has 6 aromatic heterocycles. The van der Waals surface area contributed by atoms with Crippen LogP contribution in [0.1, 0.15) is 103 Å². The Hall–Kier alpha value is -12.5. The number of hydrogen-bond acceptors (Lipinski definition) is 25. The first-order valence-corrected chi connectivity index (χ1v) is 36.6. The zero-order valence-corrected chi connectivity index (χ0v) is 63.4. The first-order chi connectivity index (χ1) is 55.5. The molecule has 7 aromatic carbocycles. The minimum Gasteiger partial charge on any atom is -0.497 e. The van der Waals surface area contributed by atoms with E-state index < -0.39 is 118 Å². The second kappa shape index (κ2) is 31.0. The fourth-order valence-electron chi connectivity index (χ4n) is 15.2. The van der Waals surface area contributed by atoms with Crippen molar-refractivity contribution in [2.75, 3.05) is 43.8 Å². The van der Waals surface area contributed by atoms with Crippen LogP contribution in [0.4, 0.5) is 31.0 Å². The van der Waals surface area contributed by atoms with Gasteiger partial charge in [-0.3, -0.25) is 43.0 Å². The number of esters is 1. The molecule has 13 N–H and O–H groups in total. The zero-order valence-electron chi connectivity index (χ0n) is 63.4. The number of alkyl halides is 3. The maximum absolute atomic E-state index is 16.5. The maximum Gasteiger partial charge on any atom is 0.338 e. The van der Waals surface area contributed by atoms with Crippen LogP contribution in [0.3, 0.4) is 0 Å². The number of hydrogen-bond donors (Lipinski definition) is 12. The Labute approximate surface area is 657 Å². The van der Waals surface area contributed by atoms with E-state index in [0.29, 0.717) is 17.1 Å². The van der Waals surface area contributed by atoms with Gasteiger partial charge >= 0.3 is 5.97 Å². The molecule has 0 radical (unpaired) electrons. The van der Waals surface area contributed by atoms with E-state index in [1.165, 1.54) is 10.9 Å². The topological polar surface area (TPSA) is 435 Å². The van der Waals surface area contributed by atoms with E-state index >= 15 is 8.78 Å². The lowest BCUT2D eigenvalue weighted by molar-refractivity contribution is -0.206. The van der Waals surface area contributed by atoms with Crippen molar-refractivity contribution in [1.82, 2.24) is 58.6 Å². The number of ether oxygens (including phenoxy) is 6. The van der Waals surface area contributed by atoms with Gasteiger partial charge in [0.2, 0.25) is 23.7 Å². The number of methoxy groups -OCH3 is 2. The van der Waals surface area contributed by atoms with E-state index in [-0.39, 0.29) is 57.8 Å². The lowest BCUT2D eigenvalue weighted by Gasteiger charge is -2.37. The summed E-state index contributed by atoms with van der Waals surface area (Å²) in [6.45, 7) is 4.88. The van der Waals surface area contributed by atoms with Crippen molar-refractivity contribution < 1.29 is 77.0 Å². The first-order valence-electron chi connectivity index (χ1n) is 36.6. The third-order valence-electron chi connectivity index (χ3n) is 21.6. The van der Waals surface area contributed by atoms with Crippen LogP contribution in [0.5, 0.6) is 11.5 Å². The number of aliphatic hydroxyl groups is 6. The average Bonchev–Trinajstić information content (AvgIpc) is 1.57. The molecule has 13 aromatic rings. The number of fused-ring (bicyclic) bond motifs is 3. The van der Waals surface area contributed by atoms with Gasteiger partial charge in [0.25, 0.3) is 28.4 Å². The summed E-state index contributed by atoms with van der Waals surface area (Å²) < 4.78 is 83.0. The number of carbonyl (C=O) groups is 1. The van der Waals surface area contributed by atoms with E-state index in [4.69, 9.17) is 44.2 Å².